The van der Waals surface area contributed by atoms with E-state index in [-0.39, 0.29) is 5.56 Å². The molecular weight excluding hydrogens is 306 g/mol. The van der Waals surface area contributed by atoms with E-state index in [0.717, 1.165) is 8.79 Å². The van der Waals surface area contributed by atoms with Crippen molar-refractivity contribution in [1.29, 1.82) is 0 Å². The van der Waals surface area contributed by atoms with Gasteiger partial charge in [0.2, 0.25) is 0 Å². The molecule has 2 rings (SSSR count). The van der Waals surface area contributed by atoms with Crippen molar-refractivity contribution >= 4 is 44.1 Å². The molecule has 1 N–H and O–H groups in total. The Morgan fingerprint density at radius 2 is 2.29 bits per heavy atom. The second kappa shape index (κ2) is 4.80. The number of anilines is 2. The summed E-state index contributed by atoms with van der Waals surface area (Å²) in [6, 6.07) is 3.79. The molecule has 0 aliphatic heterocycles. The molecule has 2 aromatic heterocycles. The van der Waals surface area contributed by atoms with Gasteiger partial charge in [0.15, 0.2) is 5.82 Å². The van der Waals surface area contributed by atoms with Crippen molar-refractivity contribution in [2.75, 3.05) is 11.9 Å². The first-order valence-corrected chi connectivity index (χ1v) is 6.23. The molecule has 0 unspecified atom stereocenters. The SMILES string of the molecule is CN(c1ccc(Br)s1)c1ncncc1C(=O)O. The smallest absolute Gasteiger partial charge is 0.341 e. The van der Waals surface area contributed by atoms with E-state index in [1.807, 2.05) is 12.1 Å². The van der Waals surface area contributed by atoms with Crippen molar-refractivity contribution in [3.8, 4) is 0 Å². The van der Waals surface area contributed by atoms with Crippen molar-refractivity contribution in [2.24, 2.45) is 0 Å². The Bertz CT molecular complexity index is 558. The van der Waals surface area contributed by atoms with Crippen LogP contribution in [0.2, 0.25) is 0 Å². The van der Waals surface area contributed by atoms with Gasteiger partial charge in [-0.2, -0.15) is 0 Å². The van der Waals surface area contributed by atoms with Crippen LogP contribution < -0.4 is 4.90 Å². The molecule has 0 bridgehead atoms. The summed E-state index contributed by atoms with van der Waals surface area (Å²) in [5.41, 5.74) is 0.0829. The van der Waals surface area contributed by atoms with Crippen molar-refractivity contribution < 1.29 is 9.90 Å². The fourth-order valence-corrected chi connectivity index (χ4v) is 2.66. The molecule has 0 aliphatic rings. The summed E-state index contributed by atoms with van der Waals surface area (Å²) >= 11 is 4.86. The maximum atomic E-state index is 11.1. The van der Waals surface area contributed by atoms with Crippen molar-refractivity contribution in [2.45, 2.75) is 0 Å². The fourth-order valence-electron chi connectivity index (χ4n) is 1.33. The van der Waals surface area contributed by atoms with E-state index in [0.29, 0.717) is 5.82 Å². The maximum absolute atomic E-state index is 11.1. The molecule has 2 aromatic rings. The first-order valence-electron chi connectivity index (χ1n) is 4.62. The molecule has 0 saturated carbocycles. The minimum Gasteiger partial charge on any atom is -0.477 e. The molecule has 0 aliphatic carbocycles. The highest BCUT2D eigenvalue weighted by atomic mass is 79.9. The van der Waals surface area contributed by atoms with Gasteiger partial charge in [-0.3, -0.25) is 0 Å². The third-order valence-corrected chi connectivity index (χ3v) is 3.83. The number of aromatic carboxylic acids is 1. The molecule has 0 spiro atoms. The lowest BCUT2D eigenvalue weighted by Crippen LogP contribution is -2.15. The first-order chi connectivity index (χ1) is 8.09. The molecule has 17 heavy (non-hydrogen) atoms. The molecular formula is C10H8BrN3O2S. The van der Waals surface area contributed by atoms with E-state index in [2.05, 4.69) is 25.9 Å². The largest absolute Gasteiger partial charge is 0.477 e. The third-order valence-electron chi connectivity index (χ3n) is 2.13. The monoisotopic (exact) mass is 313 g/mol. The fraction of sp³-hybridized carbons (Fsp3) is 0.100. The van der Waals surface area contributed by atoms with Crippen LogP contribution in [0, 0.1) is 0 Å². The number of carboxylic acids is 1. The van der Waals surface area contributed by atoms with E-state index in [1.54, 1.807) is 11.9 Å². The standard InChI is InChI=1S/C10H8BrN3O2S/c1-14(8-3-2-7(11)17-8)9-6(10(15)16)4-12-5-13-9/h2-5H,1H3,(H,15,16). The summed E-state index contributed by atoms with van der Waals surface area (Å²) in [6.07, 6.45) is 2.63. The van der Waals surface area contributed by atoms with Gasteiger partial charge in [0.1, 0.15) is 11.9 Å². The molecule has 0 aromatic carbocycles. The van der Waals surface area contributed by atoms with Gasteiger partial charge < -0.3 is 10.0 Å². The number of hydrogen-bond donors (Lipinski definition) is 1. The van der Waals surface area contributed by atoms with Crippen LogP contribution in [0.15, 0.2) is 28.4 Å². The van der Waals surface area contributed by atoms with Crippen LogP contribution in [0.25, 0.3) is 0 Å². The van der Waals surface area contributed by atoms with Gasteiger partial charge in [0.25, 0.3) is 0 Å². The van der Waals surface area contributed by atoms with Crippen LogP contribution in [0.5, 0.6) is 0 Å². The van der Waals surface area contributed by atoms with Crippen LogP contribution >= 0.6 is 27.3 Å². The predicted molar refractivity (Wildman–Crippen MR) is 69.1 cm³/mol. The number of aromatic nitrogens is 2. The number of thiophene rings is 1. The molecule has 2 heterocycles. The van der Waals surface area contributed by atoms with E-state index in [9.17, 15) is 4.79 Å². The van der Waals surface area contributed by atoms with E-state index >= 15 is 0 Å². The van der Waals surface area contributed by atoms with Gasteiger partial charge in [-0.15, -0.1) is 11.3 Å². The zero-order chi connectivity index (χ0) is 12.4. The topological polar surface area (TPSA) is 66.3 Å². The number of carbonyl (C=O) groups is 1. The molecule has 0 fully saturated rings. The first kappa shape index (κ1) is 12.0. The Morgan fingerprint density at radius 3 is 2.88 bits per heavy atom. The molecule has 0 amide bonds. The summed E-state index contributed by atoms with van der Waals surface area (Å²) < 4.78 is 0.977. The summed E-state index contributed by atoms with van der Waals surface area (Å²) in [6.45, 7) is 0. The van der Waals surface area contributed by atoms with Gasteiger partial charge >= 0.3 is 5.97 Å². The number of hydrogen-bond acceptors (Lipinski definition) is 5. The predicted octanol–water partition coefficient (Wildman–Crippen LogP) is 2.77. The molecule has 88 valence electrons. The molecule has 5 nitrogen and oxygen atoms in total. The van der Waals surface area contributed by atoms with Gasteiger partial charge in [0, 0.05) is 13.2 Å². The van der Waals surface area contributed by atoms with Crippen LogP contribution in [-0.2, 0) is 0 Å². The Balaban J connectivity index is 2.43. The van der Waals surface area contributed by atoms with Crippen molar-refractivity contribution in [1.82, 2.24) is 9.97 Å². The molecule has 7 heteroatoms. The normalized spacial score (nSPS) is 10.2. The van der Waals surface area contributed by atoms with E-state index < -0.39 is 5.97 Å². The van der Waals surface area contributed by atoms with Gasteiger partial charge in [0.05, 0.1) is 8.79 Å². The number of halogens is 1. The molecule has 0 radical (unpaired) electrons. The summed E-state index contributed by atoms with van der Waals surface area (Å²) in [4.78, 5) is 20.5. The highest BCUT2D eigenvalue weighted by Crippen LogP contribution is 2.33. The second-order valence-electron chi connectivity index (χ2n) is 3.20. The lowest BCUT2D eigenvalue weighted by molar-refractivity contribution is 0.0697. The minimum atomic E-state index is -1.04. The van der Waals surface area contributed by atoms with Crippen LogP contribution in [-0.4, -0.2) is 28.1 Å². The minimum absolute atomic E-state index is 0.0829. The number of carboxylic acid groups (broad SMARTS) is 1. The van der Waals surface area contributed by atoms with Crippen molar-refractivity contribution in [3.05, 3.63) is 34.0 Å². The van der Waals surface area contributed by atoms with Gasteiger partial charge in [-0.1, -0.05) is 0 Å². The van der Waals surface area contributed by atoms with Gasteiger partial charge in [-0.05, 0) is 28.1 Å². The summed E-state index contributed by atoms with van der Waals surface area (Å²) in [5.74, 6) is -0.662. The van der Waals surface area contributed by atoms with Crippen LogP contribution in [0.4, 0.5) is 10.8 Å². The van der Waals surface area contributed by atoms with Gasteiger partial charge in [-0.25, -0.2) is 14.8 Å². The lowest BCUT2D eigenvalue weighted by atomic mass is 10.3. The van der Waals surface area contributed by atoms with Crippen LogP contribution in [0.1, 0.15) is 10.4 Å². The Labute approximate surface area is 110 Å². The third kappa shape index (κ3) is 2.45. The zero-order valence-corrected chi connectivity index (χ0v) is 11.2. The maximum Gasteiger partial charge on any atom is 0.341 e. The Hall–Kier alpha value is -1.47. The average Bonchev–Trinajstić information content (AvgIpc) is 2.75. The Morgan fingerprint density at radius 1 is 1.53 bits per heavy atom. The average molecular weight is 314 g/mol. The highest BCUT2D eigenvalue weighted by molar-refractivity contribution is 9.11. The zero-order valence-electron chi connectivity index (χ0n) is 8.79. The van der Waals surface area contributed by atoms with Crippen molar-refractivity contribution in [3.63, 3.8) is 0 Å². The van der Waals surface area contributed by atoms with Crippen LogP contribution in [0.3, 0.4) is 0 Å². The number of nitrogens with zero attached hydrogens (tertiary/aromatic N) is 3. The lowest BCUT2D eigenvalue weighted by Gasteiger charge is -2.17. The molecule has 0 atom stereocenters. The van der Waals surface area contributed by atoms with E-state index in [1.165, 1.54) is 23.9 Å². The summed E-state index contributed by atoms with van der Waals surface area (Å²) in [5, 5.41) is 9.96. The Kier molecular flexibility index (Phi) is 3.39. The van der Waals surface area contributed by atoms with E-state index in [4.69, 9.17) is 5.11 Å². The molecule has 0 saturated heterocycles. The second-order valence-corrected chi connectivity index (χ2v) is 5.64. The quantitative estimate of drug-likeness (QED) is 0.943. The summed E-state index contributed by atoms with van der Waals surface area (Å²) in [7, 11) is 1.77. The highest BCUT2D eigenvalue weighted by Gasteiger charge is 2.17. The number of rotatable bonds is 3.